The van der Waals surface area contributed by atoms with Crippen LogP contribution in [-0.2, 0) is 29.5 Å². The third-order valence-corrected chi connectivity index (χ3v) is 1.17. The number of carbonyl (C=O) groups excluding carboxylic acids is 2. The molecule has 1 radical (unpaired) electrons. The van der Waals surface area contributed by atoms with Gasteiger partial charge in [0.2, 0.25) is 0 Å². The van der Waals surface area contributed by atoms with E-state index in [1.807, 2.05) is 0 Å². The molecule has 0 aliphatic carbocycles. The van der Waals surface area contributed by atoms with E-state index in [4.69, 9.17) is 10.5 Å². The molecule has 0 spiro atoms. The van der Waals surface area contributed by atoms with Gasteiger partial charge >= 0.3 is 0 Å². The van der Waals surface area contributed by atoms with Crippen LogP contribution < -0.4 is 26.9 Å². The van der Waals surface area contributed by atoms with E-state index < -0.39 is 23.3 Å². The SMILES string of the molecule is O=C([O-])c1cccc(C(=O)[O-])n1.[NH4+].[O-2].[O-][O-].[OH3+].[V]. The normalized spacial score (nSPS) is 6.56. The molecule has 1 heterocycles. The standard InChI is InChI=1S/C7H5NO4.H3N.O2.H2O.O.V/c9-6(10)4-2-1-3-5(8-4)7(11)12;;1-2;;;/h1-3H,(H,9,10)(H,11,12);1H3;;1H2;;/q;;-2;;-2;. The Bertz CT molecular complexity index is 319. The molecule has 0 saturated carbocycles. The van der Waals surface area contributed by atoms with Crippen LogP contribution in [0.15, 0.2) is 18.2 Å². The van der Waals surface area contributed by atoms with Gasteiger partial charge in [0, 0.05) is 18.6 Å². The van der Waals surface area contributed by atoms with E-state index >= 15 is 0 Å². The summed E-state index contributed by atoms with van der Waals surface area (Å²) in [5.74, 6) is -3.03. The van der Waals surface area contributed by atoms with Gasteiger partial charge in [0.1, 0.15) is 0 Å². The molecule has 0 fully saturated rings. The molecular formula is C7H10N2O8V-4. The van der Waals surface area contributed by atoms with Crippen molar-refractivity contribution in [1.82, 2.24) is 11.1 Å². The summed E-state index contributed by atoms with van der Waals surface area (Å²) in [6, 6.07) is 3.53. The van der Waals surface area contributed by atoms with Crippen molar-refractivity contribution < 1.29 is 59.8 Å². The predicted octanol–water partition coefficient (Wildman–Crippen LogP) is -5.24. The summed E-state index contributed by atoms with van der Waals surface area (Å²) < 4.78 is 0. The number of carboxylic acids is 2. The first-order valence-corrected chi connectivity index (χ1v) is 3.17. The summed E-state index contributed by atoms with van der Waals surface area (Å²) in [5, 5.41) is 34.4. The average Bonchev–Trinajstić information content (AvgIpc) is 2.21. The van der Waals surface area contributed by atoms with Crippen molar-refractivity contribution in [3.63, 3.8) is 0 Å². The van der Waals surface area contributed by atoms with Crippen molar-refractivity contribution in [3.8, 4) is 0 Å². The molecule has 0 atom stereocenters. The van der Waals surface area contributed by atoms with E-state index in [0.29, 0.717) is 0 Å². The molecule has 1 rings (SSSR count). The molecule has 1 aromatic heterocycles. The zero-order valence-corrected chi connectivity index (χ0v) is 10.5. The number of carbonyl (C=O) groups is 2. The summed E-state index contributed by atoms with van der Waals surface area (Å²) >= 11 is 0. The van der Waals surface area contributed by atoms with Gasteiger partial charge in [0.25, 0.3) is 0 Å². The van der Waals surface area contributed by atoms with E-state index in [2.05, 4.69) is 4.98 Å². The van der Waals surface area contributed by atoms with Gasteiger partial charge in [-0.2, -0.15) is 0 Å². The number of aromatic carboxylic acids is 2. The summed E-state index contributed by atoms with van der Waals surface area (Å²) in [5.41, 5.74) is -0.839. The van der Waals surface area contributed by atoms with E-state index in [9.17, 15) is 19.8 Å². The molecule has 0 aromatic carbocycles. The van der Waals surface area contributed by atoms with Crippen molar-refractivity contribution in [2.24, 2.45) is 0 Å². The average molecular weight is 301 g/mol. The fourth-order valence-corrected chi connectivity index (χ4v) is 0.662. The van der Waals surface area contributed by atoms with Gasteiger partial charge in [-0.05, 0) is 12.1 Å². The molecule has 0 unspecified atom stereocenters. The Kier molecular flexibility index (Phi) is 25.8. The number of rotatable bonds is 2. The Labute approximate surface area is 113 Å². The Morgan fingerprint density at radius 2 is 1.28 bits per heavy atom. The second-order valence-electron chi connectivity index (χ2n) is 1.98. The van der Waals surface area contributed by atoms with Gasteiger partial charge in [-0.1, -0.05) is 6.07 Å². The minimum absolute atomic E-state index is 0. The second kappa shape index (κ2) is 15.5. The van der Waals surface area contributed by atoms with Crippen LogP contribution in [0.5, 0.6) is 0 Å². The molecule has 0 aliphatic heterocycles. The minimum atomic E-state index is -1.52. The van der Waals surface area contributed by atoms with E-state index in [1.165, 1.54) is 6.07 Å². The second-order valence-corrected chi connectivity index (χ2v) is 1.98. The third kappa shape index (κ3) is 9.68. The number of aromatic nitrogens is 1. The Hall–Kier alpha value is -1.53. The third-order valence-electron chi connectivity index (χ3n) is 1.17. The van der Waals surface area contributed by atoms with Crippen molar-refractivity contribution in [2.75, 3.05) is 0 Å². The maximum atomic E-state index is 10.2. The van der Waals surface area contributed by atoms with E-state index in [0.717, 1.165) is 12.1 Å². The Morgan fingerprint density at radius 3 is 1.50 bits per heavy atom. The number of hydrogen-bond acceptors (Lipinski definition) is 7. The molecule has 0 saturated heterocycles. The molecule has 18 heavy (non-hydrogen) atoms. The molecule has 10 nitrogen and oxygen atoms in total. The Balaban J connectivity index is -0.0000000894. The smallest absolute Gasteiger partial charge is 0.0900 e. The van der Waals surface area contributed by atoms with Crippen molar-refractivity contribution >= 4 is 11.9 Å². The molecule has 0 amide bonds. The first-order valence-electron chi connectivity index (χ1n) is 3.17. The van der Waals surface area contributed by atoms with Crippen molar-refractivity contribution in [1.29, 1.82) is 0 Å². The minimum Gasteiger partial charge on any atom is -2.00 e. The van der Waals surface area contributed by atoms with Gasteiger partial charge < -0.3 is 47.4 Å². The largest absolute Gasteiger partial charge is 2.00 e. The fourth-order valence-electron chi connectivity index (χ4n) is 0.662. The van der Waals surface area contributed by atoms with Gasteiger partial charge in [0.05, 0.1) is 23.3 Å². The summed E-state index contributed by atoms with van der Waals surface area (Å²) in [4.78, 5) is 23.6. The van der Waals surface area contributed by atoms with Crippen LogP contribution in [0, 0.1) is 0 Å². The van der Waals surface area contributed by atoms with Crippen LogP contribution in [0.1, 0.15) is 21.0 Å². The van der Waals surface area contributed by atoms with Gasteiger partial charge in [-0.3, -0.25) is 0 Å². The number of quaternary nitrogens is 1. The van der Waals surface area contributed by atoms with E-state index in [-0.39, 0.29) is 35.7 Å². The van der Waals surface area contributed by atoms with Crippen LogP contribution >= 0.6 is 0 Å². The molecular weight excluding hydrogens is 291 g/mol. The number of hydrogen-bond donors (Lipinski definition) is 1. The molecule has 7 N–H and O–H groups in total. The quantitative estimate of drug-likeness (QED) is 0.315. The molecule has 105 valence electrons. The Morgan fingerprint density at radius 1 is 1.00 bits per heavy atom. The van der Waals surface area contributed by atoms with Crippen molar-refractivity contribution in [2.45, 2.75) is 0 Å². The first-order chi connectivity index (χ1) is 6.61. The summed E-state index contributed by atoms with van der Waals surface area (Å²) in [6.45, 7) is 0. The zero-order chi connectivity index (χ0) is 11.1. The monoisotopic (exact) mass is 301 g/mol. The molecule has 1 aromatic rings. The van der Waals surface area contributed by atoms with Gasteiger partial charge in [0.15, 0.2) is 0 Å². The van der Waals surface area contributed by atoms with Crippen LogP contribution in [0.2, 0.25) is 0 Å². The van der Waals surface area contributed by atoms with Crippen LogP contribution in [0.3, 0.4) is 0 Å². The maximum Gasteiger partial charge on any atom is 0.0900 e. The maximum absolute atomic E-state index is 10.2. The van der Waals surface area contributed by atoms with E-state index in [1.54, 1.807) is 0 Å². The number of pyridine rings is 1. The topological polar surface area (TPSA) is 237 Å². The summed E-state index contributed by atoms with van der Waals surface area (Å²) in [6.07, 6.45) is 0. The van der Waals surface area contributed by atoms with Crippen molar-refractivity contribution in [3.05, 3.63) is 29.6 Å². The van der Waals surface area contributed by atoms with Gasteiger partial charge in [-0.15, -0.1) is 0 Å². The zero-order valence-electron chi connectivity index (χ0n) is 9.06. The fraction of sp³-hybridized carbons (Fsp3) is 0. The number of nitrogens with zero attached hydrogens (tertiary/aromatic N) is 1. The predicted molar refractivity (Wildman–Crippen MR) is 44.4 cm³/mol. The molecule has 11 heteroatoms. The molecule has 0 bridgehead atoms. The van der Waals surface area contributed by atoms with Crippen LogP contribution in [-0.4, -0.2) is 16.9 Å². The summed E-state index contributed by atoms with van der Waals surface area (Å²) in [7, 11) is 0. The number of carboxylic acid groups (broad SMARTS) is 2. The van der Waals surface area contributed by atoms with Gasteiger partial charge in [-0.25, -0.2) is 4.98 Å². The van der Waals surface area contributed by atoms with Crippen LogP contribution in [0.4, 0.5) is 0 Å². The first kappa shape index (κ1) is 30.0. The van der Waals surface area contributed by atoms with Crippen LogP contribution in [0.25, 0.3) is 0 Å². The molecule has 0 aliphatic rings.